The molecule has 0 saturated heterocycles. The maximum absolute atomic E-state index is 12.9. The monoisotopic (exact) mass is 423 g/mol. The molecular formula is C21H37N5O4. The fraction of sp³-hybridized carbons (Fsp3) is 0.714. The molecule has 0 radical (unpaired) electrons. The summed E-state index contributed by atoms with van der Waals surface area (Å²) in [6.45, 7) is 8.21. The Kier molecular flexibility index (Phi) is 10.9. The van der Waals surface area contributed by atoms with Gasteiger partial charge in [0, 0.05) is 25.7 Å². The normalized spacial score (nSPS) is 23.7. The van der Waals surface area contributed by atoms with E-state index in [0.717, 1.165) is 0 Å². The van der Waals surface area contributed by atoms with Gasteiger partial charge in [0.2, 0.25) is 17.7 Å². The summed E-state index contributed by atoms with van der Waals surface area (Å²) in [6, 6.07) is -2.25. The molecule has 30 heavy (non-hydrogen) atoms. The van der Waals surface area contributed by atoms with Crippen molar-refractivity contribution in [1.29, 1.82) is 0 Å². The maximum Gasteiger partial charge on any atom is 0.315 e. The van der Waals surface area contributed by atoms with Crippen molar-refractivity contribution in [3.8, 4) is 0 Å². The van der Waals surface area contributed by atoms with Crippen molar-refractivity contribution in [2.24, 2.45) is 11.8 Å². The molecule has 0 fully saturated rings. The van der Waals surface area contributed by atoms with Gasteiger partial charge in [-0.2, -0.15) is 0 Å². The highest BCUT2D eigenvalue weighted by molar-refractivity contribution is 5.92. The molecule has 0 spiro atoms. The molecule has 1 rings (SSSR count). The summed E-state index contributed by atoms with van der Waals surface area (Å²) in [6.07, 6.45) is 5.59. The Morgan fingerprint density at radius 2 is 1.90 bits per heavy atom. The van der Waals surface area contributed by atoms with E-state index in [4.69, 9.17) is 0 Å². The lowest BCUT2D eigenvalue weighted by atomic mass is 9.97. The fourth-order valence-electron chi connectivity index (χ4n) is 3.08. The number of carbonyl (C=O) groups excluding carboxylic acids is 4. The molecule has 0 aliphatic carbocycles. The van der Waals surface area contributed by atoms with E-state index in [1.165, 1.54) is 13.1 Å². The minimum absolute atomic E-state index is 0.0695. The van der Waals surface area contributed by atoms with Crippen LogP contribution < -0.4 is 26.6 Å². The van der Waals surface area contributed by atoms with Crippen molar-refractivity contribution < 1.29 is 19.2 Å². The summed E-state index contributed by atoms with van der Waals surface area (Å²) in [7, 11) is 1.49. The first-order chi connectivity index (χ1) is 14.2. The van der Waals surface area contributed by atoms with E-state index < -0.39 is 18.1 Å². The van der Waals surface area contributed by atoms with Crippen LogP contribution in [0.3, 0.4) is 0 Å². The van der Waals surface area contributed by atoms with Gasteiger partial charge in [-0.1, -0.05) is 40.2 Å². The van der Waals surface area contributed by atoms with Crippen molar-refractivity contribution in [3.63, 3.8) is 0 Å². The summed E-state index contributed by atoms with van der Waals surface area (Å²) in [5.74, 6) is -0.893. The average molecular weight is 424 g/mol. The predicted octanol–water partition coefficient (Wildman–Crippen LogP) is 0.812. The number of nitrogens with one attached hydrogen (secondary N) is 5. The molecule has 4 atom stereocenters. The molecule has 5 amide bonds. The van der Waals surface area contributed by atoms with Crippen LogP contribution >= 0.6 is 0 Å². The van der Waals surface area contributed by atoms with E-state index in [1.807, 2.05) is 27.7 Å². The Hall–Kier alpha value is -2.58. The molecule has 1 unspecified atom stereocenters. The molecular weight excluding hydrogens is 386 g/mol. The minimum Gasteiger partial charge on any atom is -0.353 e. The molecule has 0 saturated carbocycles. The third kappa shape index (κ3) is 8.42. The zero-order valence-corrected chi connectivity index (χ0v) is 18.7. The lowest BCUT2D eigenvalue weighted by molar-refractivity contribution is -0.131. The molecule has 1 aliphatic rings. The van der Waals surface area contributed by atoms with Crippen LogP contribution in [0.1, 0.15) is 53.4 Å². The largest absolute Gasteiger partial charge is 0.353 e. The highest BCUT2D eigenvalue weighted by Crippen LogP contribution is 2.11. The molecule has 9 heteroatoms. The van der Waals surface area contributed by atoms with Gasteiger partial charge in [0.15, 0.2) is 0 Å². The summed E-state index contributed by atoms with van der Waals surface area (Å²) >= 11 is 0. The minimum atomic E-state index is -0.746. The van der Waals surface area contributed by atoms with E-state index in [9.17, 15) is 19.2 Å². The van der Waals surface area contributed by atoms with Crippen LogP contribution in [0.4, 0.5) is 4.79 Å². The zero-order chi connectivity index (χ0) is 22.7. The standard InChI is InChI=1S/C21H37N5O4/c1-6-14(4)18(26-21(30)22-5)20(29)25-16-9-7-8-12-23-17(27)11-10-15(13(2)3)24-19(16)28/h10-11,13-16,18H,6-9,12H2,1-5H3,(H,23,27)(H,24,28)(H,25,29)(H2,22,26,30)/b11-10+/t14?,15-,16+,18+/m1/s1. The number of rotatable bonds is 6. The van der Waals surface area contributed by atoms with Crippen LogP contribution in [0.5, 0.6) is 0 Å². The highest BCUT2D eigenvalue weighted by Gasteiger charge is 2.30. The van der Waals surface area contributed by atoms with Crippen molar-refractivity contribution in [2.45, 2.75) is 71.5 Å². The predicted molar refractivity (Wildman–Crippen MR) is 116 cm³/mol. The Balaban J connectivity index is 2.99. The topological polar surface area (TPSA) is 128 Å². The summed E-state index contributed by atoms with van der Waals surface area (Å²) < 4.78 is 0. The van der Waals surface area contributed by atoms with Gasteiger partial charge >= 0.3 is 6.03 Å². The lowest BCUT2D eigenvalue weighted by Crippen LogP contribution is -2.57. The van der Waals surface area contributed by atoms with Gasteiger partial charge in [-0.15, -0.1) is 0 Å². The van der Waals surface area contributed by atoms with E-state index >= 15 is 0 Å². The molecule has 1 heterocycles. The van der Waals surface area contributed by atoms with Crippen LogP contribution in [0.15, 0.2) is 12.2 Å². The summed E-state index contributed by atoms with van der Waals surface area (Å²) in [4.78, 5) is 49.5. The number of urea groups is 1. The van der Waals surface area contributed by atoms with E-state index in [1.54, 1.807) is 6.08 Å². The van der Waals surface area contributed by atoms with Crippen LogP contribution in [-0.4, -0.2) is 55.5 Å². The molecule has 0 aromatic rings. The van der Waals surface area contributed by atoms with Crippen LogP contribution in [0, 0.1) is 11.8 Å². The number of hydrogen-bond acceptors (Lipinski definition) is 4. The Bertz CT molecular complexity index is 635. The van der Waals surface area contributed by atoms with Gasteiger partial charge in [0.05, 0.1) is 0 Å². The first-order valence-electron chi connectivity index (χ1n) is 10.7. The van der Waals surface area contributed by atoms with Gasteiger partial charge in [0.25, 0.3) is 0 Å². The van der Waals surface area contributed by atoms with Crippen molar-refractivity contribution in [3.05, 3.63) is 12.2 Å². The molecule has 0 aromatic heterocycles. The van der Waals surface area contributed by atoms with E-state index in [-0.39, 0.29) is 35.6 Å². The van der Waals surface area contributed by atoms with Crippen molar-refractivity contribution >= 4 is 23.8 Å². The summed E-state index contributed by atoms with van der Waals surface area (Å²) in [5.41, 5.74) is 0. The maximum atomic E-state index is 12.9. The average Bonchev–Trinajstić information content (AvgIpc) is 2.71. The molecule has 1 aliphatic heterocycles. The number of hydrogen-bond donors (Lipinski definition) is 5. The Morgan fingerprint density at radius 3 is 2.50 bits per heavy atom. The van der Waals surface area contributed by atoms with Crippen LogP contribution in [0.2, 0.25) is 0 Å². The summed E-state index contributed by atoms with van der Waals surface area (Å²) in [5, 5.41) is 13.7. The SMILES string of the molecule is CCC(C)[C@H](NC(=O)NC)C(=O)N[C@H]1CCCCNC(=O)/C=C/[C@H](C(C)C)NC1=O. The van der Waals surface area contributed by atoms with Crippen molar-refractivity contribution in [1.82, 2.24) is 26.6 Å². The molecule has 170 valence electrons. The van der Waals surface area contributed by atoms with Gasteiger partial charge in [0.1, 0.15) is 12.1 Å². The zero-order valence-electron chi connectivity index (χ0n) is 18.7. The van der Waals surface area contributed by atoms with Gasteiger partial charge in [-0.05, 0) is 31.1 Å². The molecule has 9 nitrogen and oxygen atoms in total. The van der Waals surface area contributed by atoms with Crippen molar-refractivity contribution in [2.75, 3.05) is 13.6 Å². The Morgan fingerprint density at radius 1 is 1.20 bits per heavy atom. The van der Waals surface area contributed by atoms with Gasteiger partial charge in [-0.3, -0.25) is 14.4 Å². The first kappa shape index (κ1) is 25.5. The molecule has 0 aromatic carbocycles. The number of amides is 5. The second kappa shape index (κ2) is 12.9. The smallest absolute Gasteiger partial charge is 0.315 e. The second-order valence-corrected chi connectivity index (χ2v) is 8.07. The third-order valence-corrected chi connectivity index (χ3v) is 5.34. The Labute approximate surface area is 179 Å². The van der Waals surface area contributed by atoms with Crippen LogP contribution in [0.25, 0.3) is 0 Å². The number of carbonyl (C=O) groups is 4. The van der Waals surface area contributed by atoms with Gasteiger partial charge < -0.3 is 26.6 Å². The quantitative estimate of drug-likeness (QED) is 0.433. The van der Waals surface area contributed by atoms with E-state index in [2.05, 4.69) is 26.6 Å². The second-order valence-electron chi connectivity index (χ2n) is 8.07. The first-order valence-corrected chi connectivity index (χ1v) is 10.7. The molecule has 0 bridgehead atoms. The lowest BCUT2D eigenvalue weighted by Gasteiger charge is -2.28. The molecule has 5 N–H and O–H groups in total. The highest BCUT2D eigenvalue weighted by atomic mass is 16.2. The van der Waals surface area contributed by atoms with Gasteiger partial charge in [-0.25, -0.2) is 4.79 Å². The third-order valence-electron chi connectivity index (χ3n) is 5.34. The van der Waals surface area contributed by atoms with Crippen LogP contribution in [-0.2, 0) is 14.4 Å². The fourth-order valence-corrected chi connectivity index (χ4v) is 3.08. The van der Waals surface area contributed by atoms with E-state index in [0.29, 0.717) is 32.2 Å².